The fourth-order valence-electron chi connectivity index (χ4n) is 3.28. The van der Waals surface area contributed by atoms with Crippen molar-refractivity contribution >= 4 is 0 Å². The highest BCUT2D eigenvalue weighted by Crippen LogP contribution is 2.32. The van der Waals surface area contributed by atoms with Gasteiger partial charge < -0.3 is 4.74 Å². The molecule has 0 unspecified atom stereocenters. The zero-order valence-corrected chi connectivity index (χ0v) is 13.0. The summed E-state index contributed by atoms with van der Waals surface area (Å²) in [5.41, 5.74) is 2.74. The summed E-state index contributed by atoms with van der Waals surface area (Å²) in [5, 5.41) is 0. The maximum absolute atomic E-state index is 5.15. The van der Waals surface area contributed by atoms with Gasteiger partial charge in [0.05, 0.1) is 6.61 Å². The molecule has 2 rings (SSSR count). The van der Waals surface area contributed by atoms with E-state index in [1.165, 1.54) is 49.7 Å². The fraction of sp³-hybridized carbons (Fsp3) is 0.579. The van der Waals surface area contributed by atoms with Gasteiger partial charge in [0, 0.05) is 7.11 Å². The van der Waals surface area contributed by atoms with Crippen molar-refractivity contribution in [3.8, 4) is 0 Å². The Kier molecular flexibility index (Phi) is 6.32. The Morgan fingerprint density at radius 1 is 1.05 bits per heavy atom. The quantitative estimate of drug-likeness (QED) is 0.651. The predicted molar refractivity (Wildman–Crippen MR) is 85.7 cm³/mol. The maximum Gasteiger partial charge on any atom is 0.0713 e. The second-order valence-corrected chi connectivity index (χ2v) is 6.09. The molecular weight excluding hydrogens is 244 g/mol. The molecule has 1 aromatic rings. The largest absolute Gasteiger partial charge is 0.380 e. The molecule has 0 atom stereocenters. The molecule has 1 aliphatic carbocycles. The number of methoxy groups -OCH3 is 1. The van der Waals surface area contributed by atoms with Gasteiger partial charge in [-0.15, -0.1) is 0 Å². The molecule has 1 saturated carbocycles. The lowest BCUT2D eigenvalue weighted by molar-refractivity contribution is 0.185. The number of hydrogen-bond acceptors (Lipinski definition) is 1. The number of ether oxygens (including phenoxy) is 1. The molecule has 20 heavy (non-hydrogen) atoms. The first-order valence-corrected chi connectivity index (χ1v) is 8.01. The van der Waals surface area contributed by atoms with Crippen molar-refractivity contribution in [3.63, 3.8) is 0 Å². The van der Waals surface area contributed by atoms with E-state index in [9.17, 15) is 0 Å². The van der Waals surface area contributed by atoms with Crippen LogP contribution in [0, 0.1) is 11.8 Å². The molecule has 1 nitrogen and oxygen atoms in total. The third-order valence-electron chi connectivity index (χ3n) is 4.53. The van der Waals surface area contributed by atoms with Crippen LogP contribution in [0.1, 0.15) is 50.2 Å². The van der Waals surface area contributed by atoms with Crippen molar-refractivity contribution in [2.75, 3.05) is 7.11 Å². The summed E-state index contributed by atoms with van der Waals surface area (Å²) in [6.07, 6.45) is 12.8. The maximum atomic E-state index is 5.15. The first-order valence-electron chi connectivity index (χ1n) is 8.01. The summed E-state index contributed by atoms with van der Waals surface area (Å²) in [6, 6.07) is 8.92. The minimum absolute atomic E-state index is 0.717. The molecule has 0 bridgehead atoms. The summed E-state index contributed by atoms with van der Waals surface area (Å²) < 4.78 is 5.15. The van der Waals surface area contributed by atoms with E-state index in [0.717, 1.165) is 18.4 Å². The lowest BCUT2D eigenvalue weighted by atomic mass is 9.79. The molecule has 0 amide bonds. The van der Waals surface area contributed by atoms with Crippen LogP contribution in [0.4, 0.5) is 0 Å². The molecule has 0 aliphatic heterocycles. The van der Waals surface area contributed by atoms with E-state index in [0.29, 0.717) is 0 Å². The minimum atomic E-state index is 0.717. The van der Waals surface area contributed by atoms with Crippen LogP contribution in [0.3, 0.4) is 0 Å². The minimum Gasteiger partial charge on any atom is -0.380 e. The Labute approximate surface area is 124 Å². The summed E-state index contributed by atoms with van der Waals surface area (Å²) in [4.78, 5) is 0. The zero-order valence-electron chi connectivity index (χ0n) is 13.0. The van der Waals surface area contributed by atoms with Crippen molar-refractivity contribution in [2.24, 2.45) is 11.8 Å². The first-order chi connectivity index (χ1) is 9.81. The van der Waals surface area contributed by atoms with Crippen LogP contribution in [-0.2, 0) is 17.8 Å². The Balaban J connectivity index is 1.73. The van der Waals surface area contributed by atoms with Crippen molar-refractivity contribution in [1.29, 1.82) is 0 Å². The third kappa shape index (κ3) is 4.79. The van der Waals surface area contributed by atoms with E-state index in [1.807, 2.05) is 0 Å². The Morgan fingerprint density at radius 3 is 2.30 bits per heavy atom. The van der Waals surface area contributed by atoms with E-state index in [4.69, 9.17) is 4.74 Å². The lowest BCUT2D eigenvalue weighted by Gasteiger charge is -2.26. The number of hydrogen-bond donors (Lipinski definition) is 0. The van der Waals surface area contributed by atoms with Crippen LogP contribution in [0.25, 0.3) is 0 Å². The van der Waals surface area contributed by atoms with Gasteiger partial charge in [-0.05, 0) is 68.4 Å². The van der Waals surface area contributed by atoms with E-state index >= 15 is 0 Å². The molecule has 0 saturated heterocycles. The number of aryl methyl sites for hydroxylation is 1. The van der Waals surface area contributed by atoms with Crippen molar-refractivity contribution in [2.45, 2.75) is 52.1 Å². The number of benzene rings is 1. The molecule has 1 fully saturated rings. The van der Waals surface area contributed by atoms with Crippen LogP contribution >= 0.6 is 0 Å². The summed E-state index contributed by atoms with van der Waals surface area (Å²) in [6.45, 7) is 2.86. The van der Waals surface area contributed by atoms with Crippen LogP contribution < -0.4 is 0 Å². The standard InChI is InChI=1S/C19H28O/c1-3-4-16-5-7-17(8-6-16)9-10-18-11-13-19(14-12-18)15-20-2/h3-4,11-14,16-17H,5-10,15H2,1-2H3/t16-,17-. The van der Waals surface area contributed by atoms with Gasteiger partial charge in [-0.1, -0.05) is 36.4 Å². The Morgan fingerprint density at radius 2 is 1.70 bits per heavy atom. The van der Waals surface area contributed by atoms with Crippen molar-refractivity contribution in [3.05, 3.63) is 47.5 Å². The van der Waals surface area contributed by atoms with E-state index < -0.39 is 0 Å². The first kappa shape index (κ1) is 15.3. The second-order valence-electron chi connectivity index (χ2n) is 6.09. The smallest absolute Gasteiger partial charge is 0.0713 e. The van der Waals surface area contributed by atoms with Gasteiger partial charge in [0.1, 0.15) is 0 Å². The SMILES string of the molecule is CC=C[C@H]1CC[C@H](CCc2ccc(COC)cc2)CC1. The van der Waals surface area contributed by atoms with E-state index in [2.05, 4.69) is 43.3 Å². The fourth-order valence-corrected chi connectivity index (χ4v) is 3.28. The Hall–Kier alpha value is -1.08. The van der Waals surface area contributed by atoms with Crippen LogP contribution in [0.2, 0.25) is 0 Å². The highest BCUT2D eigenvalue weighted by atomic mass is 16.5. The van der Waals surface area contributed by atoms with Gasteiger partial charge in [-0.2, -0.15) is 0 Å². The average Bonchev–Trinajstić information content (AvgIpc) is 2.49. The third-order valence-corrected chi connectivity index (χ3v) is 4.53. The molecule has 1 aliphatic rings. The molecule has 0 heterocycles. The van der Waals surface area contributed by atoms with E-state index in [-0.39, 0.29) is 0 Å². The van der Waals surface area contributed by atoms with Crippen molar-refractivity contribution in [1.82, 2.24) is 0 Å². The zero-order chi connectivity index (χ0) is 14.2. The Bertz CT molecular complexity index is 396. The van der Waals surface area contributed by atoms with Gasteiger partial charge >= 0.3 is 0 Å². The number of rotatable bonds is 6. The van der Waals surface area contributed by atoms with Crippen molar-refractivity contribution < 1.29 is 4.74 Å². The van der Waals surface area contributed by atoms with Crippen LogP contribution in [0.5, 0.6) is 0 Å². The molecule has 1 heteroatoms. The monoisotopic (exact) mass is 272 g/mol. The topological polar surface area (TPSA) is 9.23 Å². The summed E-state index contributed by atoms with van der Waals surface area (Å²) in [5.74, 6) is 1.79. The molecule has 0 radical (unpaired) electrons. The molecule has 0 aromatic heterocycles. The second kappa shape index (κ2) is 8.26. The lowest BCUT2D eigenvalue weighted by Crippen LogP contribution is -2.13. The van der Waals surface area contributed by atoms with Gasteiger partial charge in [-0.3, -0.25) is 0 Å². The van der Waals surface area contributed by atoms with Gasteiger partial charge in [0.15, 0.2) is 0 Å². The highest BCUT2D eigenvalue weighted by molar-refractivity contribution is 5.22. The number of allylic oxidation sites excluding steroid dienone is 2. The van der Waals surface area contributed by atoms with E-state index in [1.54, 1.807) is 7.11 Å². The molecule has 0 N–H and O–H groups in total. The highest BCUT2D eigenvalue weighted by Gasteiger charge is 2.18. The normalized spacial score (nSPS) is 23.3. The summed E-state index contributed by atoms with van der Waals surface area (Å²) in [7, 11) is 1.75. The van der Waals surface area contributed by atoms with Gasteiger partial charge in [0.25, 0.3) is 0 Å². The molecular formula is C19H28O. The molecule has 1 aromatic carbocycles. The van der Waals surface area contributed by atoms with Gasteiger partial charge in [0.2, 0.25) is 0 Å². The van der Waals surface area contributed by atoms with Gasteiger partial charge in [-0.25, -0.2) is 0 Å². The molecule has 0 spiro atoms. The predicted octanol–water partition coefficient (Wildman–Crippen LogP) is 5.15. The summed E-state index contributed by atoms with van der Waals surface area (Å²) >= 11 is 0. The van der Waals surface area contributed by atoms with Crippen LogP contribution in [0.15, 0.2) is 36.4 Å². The average molecular weight is 272 g/mol. The van der Waals surface area contributed by atoms with Crippen LogP contribution in [-0.4, -0.2) is 7.11 Å². The molecule has 110 valence electrons.